The SMILES string of the molecule is COc1ccc(CN2CCCCCC3CC4CC42C3)cc1. The van der Waals surface area contributed by atoms with Crippen molar-refractivity contribution in [2.75, 3.05) is 13.7 Å². The van der Waals surface area contributed by atoms with Crippen LogP contribution in [0.3, 0.4) is 0 Å². The first-order chi connectivity index (χ1) is 10.3. The van der Waals surface area contributed by atoms with E-state index in [0.717, 1.165) is 24.1 Å². The van der Waals surface area contributed by atoms with Crippen LogP contribution in [0.4, 0.5) is 0 Å². The number of fused-ring (bicyclic) bond motifs is 1. The lowest BCUT2D eigenvalue weighted by Crippen LogP contribution is -2.38. The van der Waals surface area contributed by atoms with E-state index < -0.39 is 0 Å². The molecule has 3 aliphatic rings. The minimum Gasteiger partial charge on any atom is -0.497 e. The molecule has 2 aliphatic carbocycles. The molecule has 3 unspecified atom stereocenters. The van der Waals surface area contributed by atoms with Crippen molar-refractivity contribution >= 4 is 0 Å². The highest BCUT2D eigenvalue weighted by molar-refractivity contribution is 5.28. The zero-order chi connectivity index (χ0) is 14.3. The van der Waals surface area contributed by atoms with E-state index >= 15 is 0 Å². The molecular formula is C19H27NO. The van der Waals surface area contributed by atoms with Crippen LogP contribution in [-0.2, 0) is 6.54 Å². The third kappa shape index (κ3) is 2.48. The van der Waals surface area contributed by atoms with Gasteiger partial charge in [-0.15, -0.1) is 0 Å². The van der Waals surface area contributed by atoms with E-state index in [0.29, 0.717) is 5.54 Å². The molecule has 21 heavy (non-hydrogen) atoms. The Hall–Kier alpha value is -1.02. The quantitative estimate of drug-likeness (QED) is 0.823. The van der Waals surface area contributed by atoms with Gasteiger partial charge in [-0.3, -0.25) is 4.90 Å². The van der Waals surface area contributed by atoms with Crippen molar-refractivity contribution in [3.8, 4) is 5.75 Å². The van der Waals surface area contributed by atoms with Gasteiger partial charge in [-0.25, -0.2) is 0 Å². The fourth-order valence-electron chi connectivity index (χ4n) is 4.97. The molecule has 2 bridgehead atoms. The molecule has 4 rings (SSSR count). The Kier molecular flexibility index (Phi) is 3.45. The fourth-order valence-corrected chi connectivity index (χ4v) is 4.97. The van der Waals surface area contributed by atoms with Gasteiger partial charge in [-0.2, -0.15) is 0 Å². The standard InChI is InChI=1S/C19H27NO/c1-21-18-8-6-15(7-9-18)14-20-10-4-2-3-5-16-11-17-13-19(17,20)12-16/h6-9,16-17H,2-5,10-14H2,1H3. The summed E-state index contributed by atoms with van der Waals surface area (Å²) in [4.78, 5) is 2.84. The summed E-state index contributed by atoms with van der Waals surface area (Å²) < 4.78 is 5.28. The molecule has 0 radical (unpaired) electrons. The molecule has 0 N–H and O–H groups in total. The molecule has 1 spiro atoms. The molecule has 3 fully saturated rings. The number of ether oxygens (including phenoxy) is 1. The van der Waals surface area contributed by atoms with Gasteiger partial charge >= 0.3 is 0 Å². The van der Waals surface area contributed by atoms with Crippen molar-refractivity contribution in [2.24, 2.45) is 11.8 Å². The Morgan fingerprint density at radius 3 is 2.81 bits per heavy atom. The van der Waals surface area contributed by atoms with E-state index in [-0.39, 0.29) is 0 Å². The van der Waals surface area contributed by atoms with Gasteiger partial charge in [0.05, 0.1) is 7.11 Å². The van der Waals surface area contributed by atoms with Crippen LogP contribution in [0.1, 0.15) is 50.5 Å². The second-order valence-corrected chi connectivity index (χ2v) is 7.43. The van der Waals surface area contributed by atoms with E-state index in [1.807, 2.05) is 0 Å². The monoisotopic (exact) mass is 285 g/mol. The van der Waals surface area contributed by atoms with Crippen LogP contribution in [0.25, 0.3) is 0 Å². The maximum Gasteiger partial charge on any atom is 0.118 e. The highest BCUT2D eigenvalue weighted by Gasteiger charge is 2.62. The van der Waals surface area contributed by atoms with E-state index in [1.165, 1.54) is 57.1 Å². The van der Waals surface area contributed by atoms with Crippen molar-refractivity contribution in [3.05, 3.63) is 29.8 Å². The van der Waals surface area contributed by atoms with Gasteiger partial charge in [0.1, 0.15) is 5.75 Å². The average molecular weight is 285 g/mol. The summed E-state index contributed by atoms with van der Waals surface area (Å²) in [7, 11) is 1.74. The van der Waals surface area contributed by atoms with E-state index in [9.17, 15) is 0 Å². The van der Waals surface area contributed by atoms with Gasteiger partial charge in [0.2, 0.25) is 0 Å². The number of rotatable bonds is 3. The summed E-state index contributed by atoms with van der Waals surface area (Å²) >= 11 is 0. The highest BCUT2D eigenvalue weighted by atomic mass is 16.5. The normalized spacial score (nSPS) is 35.5. The van der Waals surface area contributed by atoms with E-state index in [1.54, 1.807) is 7.11 Å². The first-order valence-electron chi connectivity index (χ1n) is 8.68. The van der Waals surface area contributed by atoms with Crippen molar-refractivity contribution < 1.29 is 4.74 Å². The molecule has 2 saturated carbocycles. The van der Waals surface area contributed by atoms with Crippen LogP contribution in [0.2, 0.25) is 0 Å². The molecule has 1 aromatic carbocycles. The second-order valence-electron chi connectivity index (χ2n) is 7.43. The van der Waals surface area contributed by atoms with Crippen molar-refractivity contribution in [1.82, 2.24) is 4.90 Å². The Balaban J connectivity index is 1.51. The fraction of sp³-hybridized carbons (Fsp3) is 0.684. The first kappa shape index (κ1) is 13.6. The predicted octanol–water partition coefficient (Wildman–Crippen LogP) is 4.24. The van der Waals surface area contributed by atoms with Gasteiger partial charge in [0, 0.05) is 12.1 Å². The summed E-state index contributed by atoms with van der Waals surface area (Å²) in [5.74, 6) is 3.01. The number of nitrogens with zero attached hydrogens (tertiary/aromatic N) is 1. The van der Waals surface area contributed by atoms with Crippen LogP contribution in [0.15, 0.2) is 24.3 Å². The Morgan fingerprint density at radius 2 is 2.00 bits per heavy atom. The molecule has 3 atom stereocenters. The zero-order valence-electron chi connectivity index (χ0n) is 13.2. The molecule has 2 heteroatoms. The second kappa shape index (κ2) is 5.31. The minimum absolute atomic E-state index is 0.592. The summed E-state index contributed by atoms with van der Waals surface area (Å²) in [6, 6.07) is 8.69. The lowest BCUT2D eigenvalue weighted by Gasteiger charge is -2.31. The van der Waals surface area contributed by atoms with Crippen LogP contribution in [0.5, 0.6) is 5.75 Å². The van der Waals surface area contributed by atoms with E-state index in [2.05, 4.69) is 29.2 Å². The van der Waals surface area contributed by atoms with Crippen LogP contribution < -0.4 is 4.74 Å². The van der Waals surface area contributed by atoms with Crippen molar-refractivity contribution in [1.29, 1.82) is 0 Å². The third-order valence-corrected chi connectivity index (χ3v) is 6.16. The topological polar surface area (TPSA) is 12.5 Å². The lowest BCUT2D eigenvalue weighted by atomic mass is 9.96. The average Bonchev–Trinajstić information content (AvgIpc) is 3.06. The van der Waals surface area contributed by atoms with Crippen LogP contribution >= 0.6 is 0 Å². The maximum absolute atomic E-state index is 5.28. The van der Waals surface area contributed by atoms with Crippen molar-refractivity contribution in [2.45, 2.75) is 57.0 Å². The molecular weight excluding hydrogens is 258 g/mol. The maximum atomic E-state index is 5.28. The van der Waals surface area contributed by atoms with Crippen molar-refractivity contribution in [3.63, 3.8) is 0 Å². The lowest BCUT2D eigenvalue weighted by molar-refractivity contribution is 0.154. The zero-order valence-corrected chi connectivity index (χ0v) is 13.2. The highest BCUT2D eigenvalue weighted by Crippen LogP contribution is 2.63. The molecule has 2 nitrogen and oxygen atoms in total. The van der Waals surface area contributed by atoms with Crippen LogP contribution in [-0.4, -0.2) is 24.1 Å². The predicted molar refractivity (Wildman–Crippen MR) is 85.4 cm³/mol. The van der Waals surface area contributed by atoms with Crippen LogP contribution in [0, 0.1) is 11.8 Å². The number of methoxy groups -OCH3 is 1. The first-order valence-corrected chi connectivity index (χ1v) is 8.68. The van der Waals surface area contributed by atoms with Gasteiger partial charge in [-0.1, -0.05) is 31.4 Å². The Labute approximate surface area is 128 Å². The smallest absolute Gasteiger partial charge is 0.118 e. The van der Waals surface area contributed by atoms with Gasteiger partial charge < -0.3 is 4.74 Å². The van der Waals surface area contributed by atoms with Gasteiger partial charge in [-0.05, 0) is 61.8 Å². The number of benzene rings is 1. The molecule has 1 aliphatic heterocycles. The number of hydrogen-bond acceptors (Lipinski definition) is 2. The summed E-state index contributed by atoms with van der Waals surface area (Å²) in [6.07, 6.45) is 10.2. The van der Waals surface area contributed by atoms with Gasteiger partial charge in [0.15, 0.2) is 0 Å². The molecule has 1 heterocycles. The summed E-state index contributed by atoms with van der Waals surface area (Å²) in [5, 5.41) is 0. The molecule has 1 aromatic rings. The summed E-state index contributed by atoms with van der Waals surface area (Å²) in [6.45, 7) is 2.43. The van der Waals surface area contributed by atoms with E-state index in [4.69, 9.17) is 4.74 Å². The Bertz CT molecular complexity index is 497. The third-order valence-electron chi connectivity index (χ3n) is 6.16. The molecule has 1 saturated heterocycles. The summed E-state index contributed by atoms with van der Waals surface area (Å²) in [5.41, 5.74) is 2.04. The molecule has 0 amide bonds. The molecule has 114 valence electrons. The molecule has 0 aromatic heterocycles. The minimum atomic E-state index is 0.592. The Morgan fingerprint density at radius 1 is 1.14 bits per heavy atom. The number of hydrogen-bond donors (Lipinski definition) is 0. The largest absolute Gasteiger partial charge is 0.497 e. The van der Waals surface area contributed by atoms with Gasteiger partial charge in [0.25, 0.3) is 0 Å².